The minimum absolute atomic E-state index is 0.387. The summed E-state index contributed by atoms with van der Waals surface area (Å²) in [5.74, 6) is 0.475. The lowest BCUT2D eigenvalue weighted by atomic mass is 9.93. The van der Waals surface area contributed by atoms with Gasteiger partial charge < -0.3 is 15.2 Å². The number of carbonyl (C=O) groups excluding carboxylic acids is 1. The first-order valence-corrected chi connectivity index (χ1v) is 5.89. The normalized spacial score (nSPS) is 12.1. The van der Waals surface area contributed by atoms with E-state index in [1.54, 1.807) is 7.11 Å². The van der Waals surface area contributed by atoms with Crippen LogP contribution in [-0.4, -0.2) is 26.2 Å². The van der Waals surface area contributed by atoms with E-state index in [-0.39, 0.29) is 5.97 Å². The first-order valence-electron chi connectivity index (χ1n) is 5.89. The minimum atomic E-state index is -0.625. The number of aryl methyl sites for hydroxylation is 1. The molecule has 0 amide bonds. The number of hydrogen-bond donors (Lipinski definition) is 1. The Hall–Kier alpha value is -1.55. The highest BCUT2D eigenvalue weighted by Gasteiger charge is 2.18. The van der Waals surface area contributed by atoms with Crippen LogP contribution in [0.3, 0.4) is 0 Å². The van der Waals surface area contributed by atoms with E-state index >= 15 is 0 Å². The zero-order chi connectivity index (χ0) is 13.9. The molecule has 4 heteroatoms. The number of esters is 1. The average Bonchev–Trinajstić information content (AvgIpc) is 2.37. The van der Waals surface area contributed by atoms with Gasteiger partial charge in [-0.15, -0.1) is 0 Å². The van der Waals surface area contributed by atoms with Gasteiger partial charge in [0.15, 0.2) is 0 Å². The molecule has 18 heavy (non-hydrogen) atoms. The second-order valence-corrected chi connectivity index (χ2v) is 4.46. The van der Waals surface area contributed by atoms with Crippen LogP contribution in [0, 0.1) is 20.8 Å². The first-order chi connectivity index (χ1) is 8.42. The van der Waals surface area contributed by atoms with Crippen molar-refractivity contribution in [2.75, 3.05) is 14.2 Å². The maximum absolute atomic E-state index is 11.4. The molecule has 1 aromatic rings. The summed E-state index contributed by atoms with van der Waals surface area (Å²) in [5, 5.41) is 0. The molecular formula is C14H21NO3. The standard InChI is InChI=1S/C14H21NO3/c1-8-6-13(17-4)10(3)9(2)11(8)7-12(15)14(16)18-5/h6,12H,7,15H2,1-5H3. The van der Waals surface area contributed by atoms with Gasteiger partial charge in [0.1, 0.15) is 11.8 Å². The molecule has 0 spiro atoms. The molecule has 1 rings (SSSR count). The number of methoxy groups -OCH3 is 2. The lowest BCUT2D eigenvalue weighted by Gasteiger charge is -2.18. The molecule has 100 valence electrons. The van der Waals surface area contributed by atoms with Crippen molar-refractivity contribution in [1.29, 1.82) is 0 Å². The topological polar surface area (TPSA) is 61.5 Å². The lowest BCUT2D eigenvalue weighted by molar-refractivity contribution is -0.142. The number of ether oxygens (including phenoxy) is 2. The second kappa shape index (κ2) is 5.87. The molecule has 0 aromatic heterocycles. The summed E-state index contributed by atoms with van der Waals surface area (Å²) in [5.41, 5.74) is 10.2. The summed E-state index contributed by atoms with van der Waals surface area (Å²) >= 11 is 0. The van der Waals surface area contributed by atoms with E-state index in [4.69, 9.17) is 10.5 Å². The average molecular weight is 251 g/mol. The van der Waals surface area contributed by atoms with E-state index in [0.717, 1.165) is 28.0 Å². The third-order valence-corrected chi connectivity index (χ3v) is 3.36. The van der Waals surface area contributed by atoms with Crippen LogP contribution in [0.25, 0.3) is 0 Å². The van der Waals surface area contributed by atoms with Crippen LogP contribution in [0.4, 0.5) is 0 Å². The summed E-state index contributed by atoms with van der Waals surface area (Å²) < 4.78 is 9.96. The SMILES string of the molecule is COC(=O)C(N)Cc1c(C)cc(OC)c(C)c1C. The van der Waals surface area contributed by atoms with Gasteiger partial charge in [0, 0.05) is 0 Å². The van der Waals surface area contributed by atoms with Gasteiger partial charge in [-0.1, -0.05) is 0 Å². The van der Waals surface area contributed by atoms with Crippen LogP contribution >= 0.6 is 0 Å². The lowest BCUT2D eigenvalue weighted by Crippen LogP contribution is -2.34. The largest absolute Gasteiger partial charge is 0.496 e. The van der Waals surface area contributed by atoms with Gasteiger partial charge in [-0.3, -0.25) is 4.79 Å². The number of nitrogens with two attached hydrogens (primary N) is 1. The van der Waals surface area contributed by atoms with Gasteiger partial charge in [-0.05, 0) is 55.5 Å². The molecule has 0 aliphatic rings. The molecule has 4 nitrogen and oxygen atoms in total. The van der Waals surface area contributed by atoms with Gasteiger partial charge >= 0.3 is 5.97 Å². The summed E-state index contributed by atoms with van der Waals surface area (Å²) in [4.78, 5) is 11.4. The third kappa shape index (κ3) is 2.82. The Balaban J connectivity index is 3.10. The van der Waals surface area contributed by atoms with Crippen LogP contribution in [0.1, 0.15) is 22.3 Å². The Morgan fingerprint density at radius 3 is 2.39 bits per heavy atom. The van der Waals surface area contributed by atoms with E-state index in [2.05, 4.69) is 4.74 Å². The Kier molecular flexibility index (Phi) is 4.73. The Bertz CT molecular complexity index is 455. The molecule has 2 N–H and O–H groups in total. The molecule has 0 aliphatic carbocycles. The van der Waals surface area contributed by atoms with E-state index in [1.807, 2.05) is 26.8 Å². The maximum Gasteiger partial charge on any atom is 0.322 e. The molecule has 0 fully saturated rings. The smallest absolute Gasteiger partial charge is 0.322 e. The van der Waals surface area contributed by atoms with E-state index in [1.165, 1.54) is 7.11 Å². The van der Waals surface area contributed by atoms with Gasteiger partial charge in [0.2, 0.25) is 0 Å². The molecular weight excluding hydrogens is 230 g/mol. The number of rotatable bonds is 4. The Morgan fingerprint density at radius 2 is 1.89 bits per heavy atom. The molecule has 0 heterocycles. The van der Waals surface area contributed by atoms with Crippen molar-refractivity contribution in [1.82, 2.24) is 0 Å². The van der Waals surface area contributed by atoms with Crippen molar-refractivity contribution in [2.45, 2.75) is 33.2 Å². The van der Waals surface area contributed by atoms with E-state index in [0.29, 0.717) is 6.42 Å². The van der Waals surface area contributed by atoms with Crippen molar-refractivity contribution in [3.8, 4) is 5.75 Å². The molecule has 0 bridgehead atoms. The minimum Gasteiger partial charge on any atom is -0.496 e. The molecule has 1 aromatic carbocycles. The highest BCUT2D eigenvalue weighted by Crippen LogP contribution is 2.28. The number of hydrogen-bond acceptors (Lipinski definition) is 4. The van der Waals surface area contributed by atoms with E-state index < -0.39 is 6.04 Å². The molecule has 1 unspecified atom stereocenters. The van der Waals surface area contributed by atoms with Gasteiger partial charge in [0.05, 0.1) is 14.2 Å². The Labute approximate surface area is 108 Å². The fraction of sp³-hybridized carbons (Fsp3) is 0.500. The fourth-order valence-corrected chi connectivity index (χ4v) is 2.08. The predicted octanol–water partition coefficient (Wildman–Crippen LogP) is 1.66. The van der Waals surface area contributed by atoms with Gasteiger partial charge in [-0.25, -0.2) is 0 Å². The number of carbonyl (C=O) groups is 1. The van der Waals surface area contributed by atoms with Crippen LogP contribution < -0.4 is 10.5 Å². The quantitative estimate of drug-likeness (QED) is 0.827. The van der Waals surface area contributed by atoms with Crippen molar-refractivity contribution >= 4 is 5.97 Å². The molecule has 0 radical (unpaired) electrons. The zero-order valence-electron chi connectivity index (χ0n) is 11.7. The highest BCUT2D eigenvalue weighted by molar-refractivity contribution is 5.76. The number of benzene rings is 1. The van der Waals surface area contributed by atoms with Crippen molar-refractivity contribution in [3.05, 3.63) is 28.3 Å². The van der Waals surface area contributed by atoms with Crippen molar-refractivity contribution in [3.63, 3.8) is 0 Å². The highest BCUT2D eigenvalue weighted by atomic mass is 16.5. The van der Waals surface area contributed by atoms with Crippen LogP contribution in [0.15, 0.2) is 6.07 Å². The van der Waals surface area contributed by atoms with E-state index in [9.17, 15) is 4.79 Å². The molecule has 0 saturated heterocycles. The summed E-state index contributed by atoms with van der Waals surface area (Å²) in [6.07, 6.45) is 0.481. The third-order valence-electron chi connectivity index (χ3n) is 3.36. The first kappa shape index (κ1) is 14.5. The second-order valence-electron chi connectivity index (χ2n) is 4.46. The molecule has 1 atom stereocenters. The molecule has 0 aliphatic heterocycles. The monoisotopic (exact) mass is 251 g/mol. The summed E-state index contributed by atoms with van der Waals surface area (Å²) in [6.45, 7) is 6.01. The van der Waals surface area contributed by atoms with Crippen LogP contribution in [0.5, 0.6) is 5.75 Å². The maximum atomic E-state index is 11.4. The van der Waals surface area contributed by atoms with Crippen LogP contribution in [-0.2, 0) is 16.0 Å². The summed E-state index contributed by atoms with van der Waals surface area (Å²) in [7, 11) is 3.00. The van der Waals surface area contributed by atoms with Gasteiger partial charge in [0.25, 0.3) is 0 Å². The molecule has 0 saturated carbocycles. The fourth-order valence-electron chi connectivity index (χ4n) is 2.08. The predicted molar refractivity (Wildman–Crippen MR) is 70.9 cm³/mol. The Morgan fingerprint density at radius 1 is 1.28 bits per heavy atom. The zero-order valence-corrected chi connectivity index (χ0v) is 11.7. The van der Waals surface area contributed by atoms with Crippen LogP contribution in [0.2, 0.25) is 0 Å². The summed E-state index contributed by atoms with van der Waals surface area (Å²) in [6, 6.07) is 1.35. The van der Waals surface area contributed by atoms with Gasteiger partial charge in [-0.2, -0.15) is 0 Å². The van der Waals surface area contributed by atoms with Crippen molar-refractivity contribution < 1.29 is 14.3 Å². The van der Waals surface area contributed by atoms with Crippen molar-refractivity contribution in [2.24, 2.45) is 5.73 Å².